The van der Waals surface area contributed by atoms with Crippen molar-refractivity contribution in [2.24, 2.45) is 4.99 Å². The van der Waals surface area contributed by atoms with Crippen molar-refractivity contribution in [2.45, 2.75) is 13.5 Å². The normalized spacial score (nSPS) is 15.2. The number of likely N-dealkylation sites (N-methyl/N-ethyl adjacent to an activating group) is 1. The summed E-state index contributed by atoms with van der Waals surface area (Å²) >= 11 is 7.65. The number of benzene rings is 3. The molecule has 1 amide bonds. The van der Waals surface area contributed by atoms with Crippen LogP contribution in [0.4, 0.5) is 5.69 Å². The van der Waals surface area contributed by atoms with Gasteiger partial charge in [0.15, 0.2) is 5.17 Å². The van der Waals surface area contributed by atoms with E-state index in [4.69, 9.17) is 26.2 Å². The minimum atomic E-state index is -0.988. The second-order valence-electron chi connectivity index (χ2n) is 8.12. The van der Waals surface area contributed by atoms with Crippen LogP contribution < -0.4 is 4.74 Å². The number of ether oxygens (including phenoxy) is 2. The van der Waals surface area contributed by atoms with Crippen LogP contribution in [0.3, 0.4) is 0 Å². The molecule has 0 bridgehead atoms. The van der Waals surface area contributed by atoms with Crippen LogP contribution in [-0.2, 0) is 16.1 Å². The average molecular weight is 551 g/mol. The number of carbonyl (C=O) groups excluding carboxylic acids is 2. The summed E-state index contributed by atoms with van der Waals surface area (Å²) in [5.74, 6) is -1.12. The maximum atomic E-state index is 12.8. The van der Waals surface area contributed by atoms with Crippen LogP contribution in [0.2, 0.25) is 5.02 Å². The number of aliphatic imine (C=N–C) groups is 1. The monoisotopic (exact) mass is 550 g/mol. The van der Waals surface area contributed by atoms with Gasteiger partial charge >= 0.3 is 11.9 Å². The van der Waals surface area contributed by atoms with Gasteiger partial charge in [-0.2, -0.15) is 0 Å². The molecule has 0 saturated carbocycles. The molecule has 3 aromatic carbocycles. The average Bonchev–Trinajstić information content (AvgIpc) is 3.16. The van der Waals surface area contributed by atoms with Gasteiger partial charge in [0.1, 0.15) is 12.4 Å². The molecule has 1 N–H and O–H groups in total. The molecule has 10 heteroatoms. The lowest BCUT2D eigenvalue weighted by Crippen LogP contribution is -2.23. The smallest absolute Gasteiger partial charge is 0.338 e. The van der Waals surface area contributed by atoms with E-state index in [0.717, 1.165) is 11.1 Å². The van der Waals surface area contributed by atoms with E-state index in [-0.39, 0.29) is 18.1 Å². The molecule has 194 valence electrons. The van der Waals surface area contributed by atoms with Crippen molar-refractivity contribution in [1.29, 1.82) is 0 Å². The molecule has 1 saturated heterocycles. The lowest BCUT2D eigenvalue weighted by atomic mass is 10.1. The number of esters is 1. The van der Waals surface area contributed by atoms with Crippen LogP contribution in [0, 0.1) is 0 Å². The molecule has 0 aromatic heterocycles. The summed E-state index contributed by atoms with van der Waals surface area (Å²) < 4.78 is 10.8. The number of hydrogen-bond donors (Lipinski definition) is 1. The molecule has 3 aromatic rings. The first kappa shape index (κ1) is 27.0. The summed E-state index contributed by atoms with van der Waals surface area (Å²) in [5, 5.41) is 9.88. The van der Waals surface area contributed by atoms with Gasteiger partial charge in [0.2, 0.25) is 0 Å². The predicted octanol–water partition coefficient (Wildman–Crippen LogP) is 6.03. The summed E-state index contributed by atoms with van der Waals surface area (Å²) in [4.78, 5) is 42.1. The fourth-order valence-electron chi connectivity index (χ4n) is 3.43. The van der Waals surface area contributed by atoms with Crippen LogP contribution in [0.15, 0.2) is 76.6 Å². The minimum absolute atomic E-state index is 0.196. The Morgan fingerprint density at radius 2 is 1.74 bits per heavy atom. The largest absolute Gasteiger partial charge is 0.487 e. The Morgan fingerprint density at radius 1 is 1.05 bits per heavy atom. The van der Waals surface area contributed by atoms with E-state index < -0.39 is 11.9 Å². The Labute approximate surface area is 228 Å². The molecule has 8 nitrogen and oxygen atoms in total. The fraction of sp³-hybridized carbons (Fsp3) is 0.143. The first-order valence-corrected chi connectivity index (χ1v) is 12.7. The Bertz CT molecular complexity index is 1430. The highest BCUT2D eigenvalue weighted by molar-refractivity contribution is 8.18. The van der Waals surface area contributed by atoms with Crippen LogP contribution in [0.1, 0.15) is 38.8 Å². The van der Waals surface area contributed by atoms with Gasteiger partial charge in [-0.25, -0.2) is 14.6 Å². The van der Waals surface area contributed by atoms with Crippen molar-refractivity contribution in [1.82, 2.24) is 4.90 Å². The van der Waals surface area contributed by atoms with Gasteiger partial charge in [-0.15, -0.1) is 0 Å². The maximum Gasteiger partial charge on any atom is 0.338 e. The summed E-state index contributed by atoms with van der Waals surface area (Å²) in [6, 6.07) is 18.3. The number of halogens is 1. The van der Waals surface area contributed by atoms with Crippen molar-refractivity contribution >= 4 is 58.1 Å². The molecule has 1 aliphatic rings. The highest BCUT2D eigenvalue weighted by Crippen LogP contribution is 2.34. The third-order valence-corrected chi connectivity index (χ3v) is 6.81. The number of amidine groups is 1. The van der Waals surface area contributed by atoms with Gasteiger partial charge in [0.05, 0.1) is 33.3 Å². The van der Waals surface area contributed by atoms with E-state index in [1.165, 1.54) is 28.8 Å². The lowest BCUT2D eigenvalue weighted by Gasteiger charge is -2.09. The Hall–Kier alpha value is -4.08. The summed E-state index contributed by atoms with van der Waals surface area (Å²) in [6.45, 7) is 2.27. The van der Waals surface area contributed by atoms with E-state index >= 15 is 0 Å². The minimum Gasteiger partial charge on any atom is -0.487 e. The molecule has 0 spiro atoms. The van der Waals surface area contributed by atoms with E-state index in [1.807, 2.05) is 0 Å². The van der Waals surface area contributed by atoms with E-state index in [1.54, 1.807) is 74.6 Å². The Balaban J connectivity index is 1.43. The molecule has 4 rings (SSSR count). The quantitative estimate of drug-likeness (QED) is 0.270. The van der Waals surface area contributed by atoms with Crippen molar-refractivity contribution in [3.63, 3.8) is 0 Å². The molecular weight excluding hydrogens is 528 g/mol. The van der Waals surface area contributed by atoms with Gasteiger partial charge in [-0.3, -0.25) is 9.69 Å². The number of amides is 1. The van der Waals surface area contributed by atoms with E-state index in [2.05, 4.69) is 4.99 Å². The van der Waals surface area contributed by atoms with Crippen LogP contribution in [0.25, 0.3) is 6.08 Å². The zero-order valence-electron chi connectivity index (χ0n) is 20.5. The van der Waals surface area contributed by atoms with Crippen LogP contribution >= 0.6 is 23.4 Å². The summed E-state index contributed by atoms with van der Waals surface area (Å²) in [7, 11) is 1.65. The SMILES string of the molecule is CCOC(=O)c1ccc(N=C2SC(=Cc3ccc(OCc4ccc(C(=O)O)cc4)c(Cl)c3)C(=O)N2C)cc1. The topological polar surface area (TPSA) is 106 Å². The first-order chi connectivity index (χ1) is 18.2. The molecule has 0 radical (unpaired) electrons. The highest BCUT2D eigenvalue weighted by Gasteiger charge is 2.30. The van der Waals surface area contributed by atoms with Gasteiger partial charge in [0.25, 0.3) is 5.91 Å². The Morgan fingerprint density at radius 3 is 2.37 bits per heavy atom. The molecule has 1 heterocycles. The molecule has 0 unspecified atom stereocenters. The number of nitrogens with zero attached hydrogens (tertiary/aromatic N) is 2. The van der Waals surface area contributed by atoms with Gasteiger partial charge < -0.3 is 14.6 Å². The number of carboxylic acids is 1. The molecule has 1 aliphatic heterocycles. The molecule has 0 atom stereocenters. The fourth-order valence-corrected chi connectivity index (χ4v) is 4.66. The van der Waals surface area contributed by atoms with E-state index in [0.29, 0.717) is 38.7 Å². The number of hydrogen-bond acceptors (Lipinski definition) is 7. The number of carboxylic acid groups (broad SMARTS) is 1. The van der Waals surface area contributed by atoms with E-state index in [9.17, 15) is 14.4 Å². The molecule has 0 aliphatic carbocycles. The Kier molecular flexibility index (Phi) is 8.50. The van der Waals surface area contributed by atoms with Crippen molar-refractivity contribution < 1.29 is 29.0 Å². The second kappa shape index (κ2) is 12.0. The summed E-state index contributed by atoms with van der Waals surface area (Å²) in [6.07, 6.45) is 1.73. The lowest BCUT2D eigenvalue weighted by molar-refractivity contribution is -0.121. The number of carbonyl (C=O) groups is 3. The van der Waals surface area contributed by atoms with Crippen LogP contribution in [0.5, 0.6) is 5.75 Å². The maximum absolute atomic E-state index is 12.8. The number of aromatic carboxylic acids is 1. The zero-order chi connectivity index (χ0) is 27.2. The predicted molar refractivity (Wildman–Crippen MR) is 147 cm³/mol. The van der Waals surface area contributed by atoms with Gasteiger partial charge in [-0.1, -0.05) is 29.8 Å². The molecule has 38 heavy (non-hydrogen) atoms. The summed E-state index contributed by atoms with van der Waals surface area (Å²) in [5.41, 5.74) is 2.76. The number of rotatable bonds is 8. The second-order valence-corrected chi connectivity index (χ2v) is 9.53. The van der Waals surface area contributed by atoms with Crippen molar-refractivity contribution in [2.75, 3.05) is 13.7 Å². The first-order valence-electron chi connectivity index (χ1n) is 11.5. The number of thioether (sulfide) groups is 1. The molecule has 1 fully saturated rings. The third-order valence-electron chi connectivity index (χ3n) is 5.46. The zero-order valence-corrected chi connectivity index (χ0v) is 22.1. The third kappa shape index (κ3) is 6.42. The molecular formula is C28H23ClN2O6S. The van der Waals surface area contributed by atoms with Gasteiger partial charge in [0, 0.05) is 7.05 Å². The van der Waals surface area contributed by atoms with Gasteiger partial charge in [-0.05, 0) is 84.4 Å². The van der Waals surface area contributed by atoms with Crippen molar-refractivity contribution in [3.8, 4) is 5.75 Å². The van der Waals surface area contributed by atoms with Crippen molar-refractivity contribution in [3.05, 3.63) is 98.9 Å². The highest BCUT2D eigenvalue weighted by atomic mass is 35.5. The van der Waals surface area contributed by atoms with Crippen LogP contribution in [-0.4, -0.2) is 46.7 Å². The standard InChI is InChI=1S/C28H23ClN2O6S/c1-3-36-27(35)20-9-11-21(12-10-20)30-28-31(2)25(32)24(38-28)15-18-6-13-23(22(29)14-18)37-16-17-4-7-19(8-5-17)26(33)34/h4-15H,3,16H2,1-2H3,(H,33,34).